The van der Waals surface area contributed by atoms with Crippen molar-refractivity contribution in [3.05, 3.63) is 32.9 Å². The SMILES string of the molecule is CCOCCOCCOC(=O)c1cc(I)cc(C(=O)OC)c1. The molecule has 0 bridgehead atoms. The first-order valence-corrected chi connectivity index (χ1v) is 7.88. The lowest BCUT2D eigenvalue weighted by Gasteiger charge is -2.08. The summed E-state index contributed by atoms with van der Waals surface area (Å²) in [5.74, 6) is -0.996. The third-order valence-corrected chi connectivity index (χ3v) is 3.21. The summed E-state index contributed by atoms with van der Waals surface area (Å²) in [6.07, 6.45) is 0. The second kappa shape index (κ2) is 10.5. The molecule has 0 amide bonds. The molecule has 22 heavy (non-hydrogen) atoms. The van der Waals surface area contributed by atoms with Gasteiger partial charge in [0.15, 0.2) is 0 Å². The fraction of sp³-hybridized carbons (Fsp3) is 0.467. The number of benzene rings is 1. The van der Waals surface area contributed by atoms with E-state index in [1.165, 1.54) is 13.2 Å². The number of hydrogen-bond acceptors (Lipinski definition) is 6. The minimum atomic E-state index is -0.503. The van der Waals surface area contributed by atoms with Crippen molar-refractivity contribution >= 4 is 34.5 Å². The molecular formula is C15H19IO6. The van der Waals surface area contributed by atoms with Crippen LogP contribution in [0.3, 0.4) is 0 Å². The molecule has 0 spiro atoms. The molecule has 0 saturated carbocycles. The van der Waals surface area contributed by atoms with Gasteiger partial charge in [0.1, 0.15) is 6.61 Å². The van der Waals surface area contributed by atoms with Gasteiger partial charge in [-0.3, -0.25) is 0 Å². The number of hydrogen-bond donors (Lipinski definition) is 0. The fourth-order valence-electron chi connectivity index (χ4n) is 1.58. The largest absolute Gasteiger partial charge is 0.465 e. The molecular weight excluding hydrogens is 403 g/mol. The van der Waals surface area contributed by atoms with Crippen LogP contribution in [-0.2, 0) is 18.9 Å². The summed E-state index contributed by atoms with van der Waals surface area (Å²) in [7, 11) is 1.29. The zero-order valence-electron chi connectivity index (χ0n) is 12.6. The highest BCUT2D eigenvalue weighted by atomic mass is 127. The molecule has 0 unspecified atom stereocenters. The quantitative estimate of drug-likeness (QED) is 0.346. The molecule has 1 rings (SSSR count). The van der Waals surface area contributed by atoms with Gasteiger partial charge in [-0.05, 0) is 47.7 Å². The Kier molecular flexibility index (Phi) is 9.02. The van der Waals surface area contributed by atoms with Crippen LogP contribution in [0, 0.1) is 3.57 Å². The highest BCUT2D eigenvalue weighted by molar-refractivity contribution is 14.1. The van der Waals surface area contributed by atoms with Gasteiger partial charge in [0.2, 0.25) is 0 Å². The van der Waals surface area contributed by atoms with Gasteiger partial charge in [-0.15, -0.1) is 0 Å². The normalized spacial score (nSPS) is 10.3. The van der Waals surface area contributed by atoms with Crippen LogP contribution in [0.2, 0.25) is 0 Å². The Balaban J connectivity index is 2.45. The Morgan fingerprint density at radius 3 is 2.18 bits per heavy atom. The molecule has 0 aromatic heterocycles. The van der Waals surface area contributed by atoms with Gasteiger partial charge in [0, 0.05) is 10.2 Å². The van der Waals surface area contributed by atoms with E-state index in [2.05, 4.69) is 4.74 Å². The van der Waals surface area contributed by atoms with Crippen LogP contribution in [-0.4, -0.2) is 52.1 Å². The Labute approximate surface area is 143 Å². The van der Waals surface area contributed by atoms with Crippen LogP contribution >= 0.6 is 22.6 Å². The number of carbonyl (C=O) groups is 2. The summed E-state index contributed by atoms with van der Waals surface area (Å²) < 4.78 is 20.9. The molecule has 0 fully saturated rings. The molecule has 0 aliphatic heterocycles. The van der Waals surface area contributed by atoms with Crippen LogP contribution in [0.1, 0.15) is 27.6 Å². The average Bonchev–Trinajstić information content (AvgIpc) is 2.52. The first-order chi connectivity index (χ1) is 10.6. The summed E-state index contributed by atoms with van der Waals surface area (Å²) in [6, 6.07) is 4.73. The Morgan fingerprint density at radius 2 is 1.55 bits per heavy atom. The molecule has 0 heterocycles. The molecule has 0 N–H and O–H groups in total. The standard InChI is InChI=1S/C15H19IO6/c1-3-20-4-5-21-6-7-22-15(18)12-8-11(14(17)19-2)9-13(16)10-12/h8-10H,3-7H2,1-2H3. The summed E-state index contributed by atoms with van der Waals surface area (Å²) in [6.45, 7) is 3.97. The molecule has 6 nitrogen and oxygen atoms in total. The van der Waals surface area contributed by atoms with Gasteiger partial charge in [0.25, 0.3) is 0 Å². The van der Waals surface area contributed by atoms with Crippen molar-refractivity contribution in [2.45, 2.75) is 6.92 Å². The van der Waals surface area contributed by atoms with Gasteiger partial charge < -0.3 is 18.9 Å². The second-order valence-electron chi connectivity index (χ2n) is 4.17. The molecule has 1 aromatic carbocycles. The lowest BCUT2D eigenvalue weighted by molar-refractivity contribution is 0.0164. The van der Waals surface area contributed by atoms with Gasteiger partial charge in [-0.1, -0.05) is 0 Å². The van der Waals surface area contributed by atoms with Crippen LogP contribution < -0.4 is 0 Å². The van der Waals surface area contributed by atoms with Crippen molar-refractivity contribution in [1.82, 2.24) is 0 Å². The molecule has 0 aliphatic carbocycles. The summed E-state index contributed by atoms with van der Waals surface area (Å²) in [5, 5.41) is 0. The number of rotatable bonds is 9. The second-order valence-corrected chi connectivity index (χ2v) is 5.41. The molecule has 0 atom stereocenters. The third-order valence-electron chi connectivity index (χ3n) is 2.59. The molecule has 0 radical (unpaired) electrons. The van der Waals surface area contributed by atoms with E-state index < -0.39 is 11.9 Å². The van der Waals surface area contributed by atoms with E-state index in [1.54, 1.807) is 12.1 Å². The van der Waals surface area contributed by atoms with Crippen LogP contribution in [0.25, 0.3) is 0 Å². The topological polar surface area (TPSA) is 71.1 Å². The van der Waals surface area contributed by atoms with Gasteiger partial charge in [0.05, 0.1) is 38.1 Å². The van der Waals surface area contributed by atoms with Gasteiger partial charge in [-0.2, -0.15) is 0 Å². The minimum absolute atomic E-state index is 0.143. The lowest BCUT2D eigenvalue weighted by Crippen LogP contribution is -2.14. The first kappa shape index (κ1) is 18.9. The zero-order valence-corrected chi connectivity index (χ0v) is 14.8. The van der Waals surface area contributed by atoms with Crippen LogP contribution in [0.15, 0.2) is 18.2 Å². The van der Waals surface area contributed by atoms with Crippen LogP contribution in [0.4, 0.5) is 0 Å². The maximum Gasteiger partial charge on any atom is 0.338 e. The molecule has 0 aliphatic rings. The highest BCUT2D eigenvalue weighted by Gasteiger charge is 2.13. The van der Waals surface area contributed by atoms with E-state index in [1.807, 2.05) is 29.5 Å². The minimum Gasteiger partial charge on any atom is -0.465 e. The van der Waals surface area contributed by atoms with E-state index in [9.17, 15) is 9.59 Å². The Hall–Kier alpha value is -1.19. The number of ether oxygens (including phenoxy) is 4. The molecule has 7 heteroatoms. The van der Waals surface area contributed by atoms with Crippen molar-refractivity contribution in [3.63, 3.8) is 0 Å². The van der Waals surface area contributed by atoms with E-state index in [0.717, 1.165) is 3.57 Å². The first-order valence-electron chi connectivity index (χ1n) is 6.80. The summed E-state index contributed by atoms with van der Waals surface area (Å²) in [4.78, 5) is 23.5. The predicted molar refractivity (Wildman–Crippen MR) is 88.1 cm³/mol. The predicted octanol–water partition coefficient (Wildman–Crippen LogP) is 2.29. The van der Waals surface area contributed by atoms with E-state index >= 15 is 0 Å². The van der Waals surface area contributed by atoms with E-state index in [0.29, 0.717) is 37.6 Å². The average molecular weight is 422 g/mol. The maximum absolute atomic E-state index is 11.9. The van der Waals surface area contributed by atoms with Crippen molar-refractivity contribution in [1.29, 1.82) is 0 Å². The lowest BCUT2D eigenvalue weighted by atomic mass is 10.1. The number of methoxy groups -OCH3 is 1. The van der Waals surface area contributed by atoms with Gasteiger partial charge >= 0.3 is 11.9 Å². The summed E-state index contributed by atoms with van der Waals surface area (Å²) in [5.41, 5.74) is 0.621. The monoisotopic (exact) mass is 422 g/mol. The number of halogens is 1. The van der Waals surface area contributed by atoms with Crippen molar-refractivity contribution in [2.24, 2.45) is 0 Å². The number of carbonyl (C=O) groups excluding carboxylic acids is 2. The van der Waals surface area contributed by atoms with Crippen molar-refractivity contribution in [2.75, 3.05) is 40.1 Å². The van der Waals surface area contributed by atoms with Crippen molar-refractivity contribution in [3.8, 4) is 0 Å². The van der Waals surface area contributed by atoms with Gasteiger partial charge in [-0.25, -0.2) is 9.59 Å². The summed E-state index contributed by atoms with van der Waals surface area (Å²) >= 11 is 2.02. The van der Waals surface area contributed by atoms with E-state index in [-0.39, 0.29) is 6.61 Å². The zero-order chi connectivity index (χ0) is 16.4. The van der Waals surface area contributed by atoms with E-state index in [4.69, 9.17) is 14.2 Å². The smallest absolute Gasteiger partial charge is 0.338 e. The number of esters is 2. The maximum atomic E-state index is 11.9. The Morgan fingerprint density at radius 1 is 0.955 bits per heavy atom. The molecule has 0 saturated heterocycles. The fourth-order valence-corrected chi connectivity index (χ4v) is 2.26. The Bertz CT molecular complexity index is 503. The third kappa shape index (κ3) is 6.71. The highest BCUT2D eigenvalue weighted by Crippen LogP contribution is 2.14. The molecule has 1 aromatic rings. The van der Waals surface area contributed by atoms with Crippen molar-refractivity contribution < 1.29 is 28.5 Å². The molecule has 122 valence electrons. The van der Waals surface area contributed by atoms with Crippen LogP contribution in [0.5, 0.6) is 0 Å².